The molecular weight excluding hydrogens is 941 g/mol. The summed E-state index contributed by atoms with van der Waals surface area (Å²) in [4.78, 5) is 162. The zero-order chi connectivity index (χ0) is 55.7. The van der Waals surface area contributed by atoms with Gasteiger partial charge in [0.1, 0.15) is 48.3 Å². The molecule has 0 spiro atoms. The van der Waals surface area contributed by atoms with Crippen LogP contribution in [-0.4, -0.2) is 130 Å². The van der Waals surface area contributed by atoms with E-state index in [1.807, 2.05) is 0 Å². The van der Waals surface area contributed by atoms with Crippen LogP contribution in [0.25, 0.3) is 0 Å². The first-order chi connectivity index (χ1) is 32.7. The van der Waals surface area contributed by atoms with Gasteiger partial charge >= 0.3 is 11.9 Å². The van der Waals surface area contributed by atoms with Crippen LogP contribution in [0.5, 0.6) is 0 Å². The molecule has 0 aromatic rings. The van der Waals surface area contributed by atoms with Gasteiger partial charge in [-0.2, -0.15) is 0 Å². The number of hydrogen-bond donors (Lipinski definition) is 12. The predicted molar refractivity (Wildman–Crippen MR) is 262 cm³/mol. The molecule has 1 rings (SSSR count). The van der Waals surface area contributed by atoms with Gasteiger partial charge in [0.05, 0.1) is 0 Å². The molecule has 72 heavy (non-hydrogen) atoms. The molecule has 0 aliphatic carbocycles. The molecule has 8 atom stereocenters. The Morgan fingerprint density at radius 3 is 0.639 bits per heavy atom. The van der Waals surface area contributed by atoms with Crippen molar-refractivity contribution in [2.75, 3.05) is 0 Å². The molecule has 1 aliphatic rings. The quantitative estimate of drug-likeness (QED) is 0.0960. The van der Waals surface area contributed by atoms with Crippen molar-refractivity contribution in [3.8, 4) is 0 Å². The number of carboxylic acids is 2. The number of primary amides is 2. The summed E-state index contributed by atoms with van der Waals surface area (Å²) >= 11 is 0. The molecule has 24 nitrogen and oxygen atoms in total. The Kier molecular flexibility index (Phi) is 24.3. The third-order valence-corrected chi connectivity index (χ3v) is 11.0. The molecule has 0 bridgehead atoms. The first-order valence-electron chi connectivity index (χ1n) is 24.2. The van der Waals surface area contributed by atoms with E-state index in [-0.39, 0.29) is 25.7 Å². The summed E-state index contributed by atoms with van der Waals surface area (Å²) in [5, 5.41) is 39.7. The summed E-state index contributed by atoms with van der Waals surface area (Å²) in [7, 11) is 0. The Balaban J connectivity index is 4.29. The van der Waals surface area contributed by atoms with Crippen molar-refractivity contribution in [1.82, 2.24) is 42.5 Å². The largest absolute Gasteiger partial charge is 0.481 e. The van der Waals surface area contributed by atoms with E-state index < -0.39 is 192 Å². The van der Waals surface area contributed by atoms with E-state index in [9.17, 15) is 67.7 Å². The summed E-state index contributed by atoms with van der Waals surface area (Å²) in [5.74, 6) is -12.2. The van der Waals surface area contributed by atoms with E-state index in [0.29, 0.717) is 0 Å². The molecule has 24 heteroatoms. The van der Waals surface area contributed by atoms with Crippen molar-refractivity contribution in [2.45, 2.75) is 208 Å². The monoisotopic (exact) mass is 1020 g/mol. The Hall–Kier alpha value is -6.36. The molecule has 0 radical (unpaired) electrons. The fraction of sp³-hybridized carbons (Fsp3) is 0.750. The summed E-state index contributed by atoms with van der Waals surface area (Å²) in [5.41, 5.74) is 8.05. The van der Waals surface area contributed by atoms with Crippen LogP contribution < -0.4 is 54.0 Å². The maximum atomic E-state index is 14.3. The lowest BCUT2D eigenvalue weighted by Crippen LogP contribution is -2.62. The van der Waals surface area contributed by atoms with Gasteiger partial charge < -0.3 is 64.2 Å². The second-order valence-corrected chi connectivity index (χ2v) is 23.4. The fourth-order valence-electron chi connectivity index (χ4n) is 7.65. The number of carbonyl (C=O) groups excluding carboxylic acids is 10. The van der Waals surface area contributed by atoms with Crippen LogP contribution in [0.3, 0.4) is 0 Å². The summed E-state index contributed by atoms with van der Waals surface area (Å²) < 4.78 is 0. The van der Waals surface area contributed by atoms with Crippen molar-refractivity contribution >= 4 is 71.0 Å². The number of nitrogens with two attached hydrogens (primary N) is 2. The first kappa shape index (κ1) is 63.7. The molecule has 0 aromatic carbocycles. The van der Waals surface area contributed by atoms with Crippen LogP contribution in [-0.2, 0) is 57.5 Å². The minimum Gasteiger partial charge on any atom is -0.481 e. The Labute approximate surface area is 421 Å². The van der Waals surface area contributed by atoms with Crippen molar-refractivity contribution in [3.05, 3.63) is 0 Å². The molecule has 1 aliphatic heterocycles. The lowest BCUT2D eigenvalue weighted by Gasteiger charge is -2.32. The van der Waals surface area contributed by atoms with E-state index in [2.05, 4.69) is 42.5 Å². The fourth-order valence-corrected chi connectivity index (χ4v) is 7.65. The van der Waals surface area contributed by atoms with E-state index in [1.54, 1.807) is 83.1 Å². The topological polar surface area (TPSA) is 394 Å². The highest BCUT2D eigenvalue weighted by molar-refractivity contribution is 5.99. The second kappa shape index (κ2) is 27.5. The van der Waals surface area contributed by atoms with Crippen molar-refractivity contribution in [1.29, 1.82) is 0 Å². The highest BCUT2D eigenvalue weighted by Gasteiger charge is 2.39. The van der Waals surface area contributed by atoms with Gasteiger partial charge in [-0.1, -0.05) is 83.1 Å². The molecule has 0 unspecified atom stereocenters. The first-order valence-corrected chi connectivity index (χ1v) is 24.2. The minimum atomic E-state index is -1.63. The minimum absolute atomic E-state index is 0.0963. The van der Waals surface area contributed by atoms with Crippen LogP contribution in [0.15, 0.2) is 0 Å². The number of rotatable bonds is 16. The standard InChI is InChI=1S/C48H82N10O14/c1-45(2,3)21-29-41(69)51-25(13-17-33(49)59)37(65)55-32(24-48(10,11)12)44(72)54-28(16-20-36(63)64)40(68)58-30(22-46(4,5)6)42(70)52-26(14-18-34(50)60)38(66)56-31(23-47(7,8)9)43(71)53-27(39(67)57-29)15-19-35(61)62/h25-32H,13-24H2,1-12H3,(H2,49,59)(H2,50,60)(H,51,69)(H,52,70)(H,53,71)(H,54,72)(H,55,65)(H,56,66)(H,57,67)(H,58,68)(H,61,62)(H,63,64)/t25-,26-,27-,28-,29+,30+,31+,32+/m1/s1. The Morgan fingerprint density at radius 1 is 0.333 bits per heavy atom. The number of aliphatic carboxylic acids is 2. The molecule has 1 fully saturated rings. The van der Waals surface area contributed by atoms with E-state index in [1.165, 1.54) is 0 Å². The number of amides is 10. The molecule has 0 aromatic heterocycles. The summed E-state index contributed by atoms with van der Waals surface area (Å²) in [6, 6.07) is -12.3. The number of nitrogens with one attached hydrogen (secondary N) is 8. The molecule has 14 N–H and O–H groups in total. The number of hydrogen-bond acceptors (Lipinski definition) is 12. The number of carboxylic acid groups (broad SMARTS) is 2. The highest BCUT2D eigenvalue weighted by Crippen LogP contribution is 2.25. The molecule has 0 saturated carbocycles. The van der Waals surface area contributed by atoms with Gasteiger partial charge in [0, 0.05) is 25.7 Å². The van der Waals surface area contributed by atoms with E-state index >= 15 is 0 Å². The highest BCUT2D eigenvalue weighted by atomic mass is 16.4. The predicted octanol–water partition coefficient (Wildman–Crippen LogP) is -0.116. The van der Waals surface area contributed by atoms with Crippen molar-refractivity contribution in [2.24, 2.45) is 33.1 Å². The van der Waals surface area contributed by atoms with Crippen LogP contribution in [0, 0.1) is 21.7 Å². The van der Waals surface area contributed by atoms with Crippen molar-refractivity contribution < 1.29 is 67.7 Å². The smallest absolute Gasteiger partial charge is 0.303 e. The van der Waals surface area contributed by atoms with Crippen LogP contribution in [0.2, 0.25) is 0 Å². The maximum absolute atomic E-state index is 14.3. The lowest BCUT2D eigenvalue weighted by molar-refractivity contribution is -0.139. The van der Waals surface area contributed by atoms with Gasteiger partial charge in [0.2, 0.25) is 59.1 Å². The molecular formula is C48H82N10O14. The zero-order valence-electron chi connectivity index (χ0n) is 44.1. The van der Waals surface area contributed by atoms with E-state index in [4.69, 9.17) is 11.5 Å². The molecule has 1 heterocycles. The third-order valence-electron chi connectivity index (χ3n) is 11.0. The third kappa shape index (κ3) is 26.2. The summed E-state index contributed by atoms with van der Waals surface area (Å²) in [6.45, 7) is 20.9. The lowest BCUT2D eigenvalue weighted by atomic mass is 9.87. The normalized spacial score (nSPS) is 24.4. The summed E-state index contributed by atoms with van der Waals surface area (Å²) in [6.07, 6.45) is -4.32. The molecule has 408 valence electrons. The van der Waals surface area contributed by atoms with Crippen LogP contribution in [0.1, 0.15) is 160 Å². The molecule has 1 saturated heterocycles. The molecule has 10 amide bonds. The Morgan fingerprint density at radius 2 is 0.486 bits per heavy atom. The average Bonchev–Trinajstić information content (AvgIpc) is 3.19. The van der Waals surface area contributed by atoms with Gasteiger partial charge in [0.15, 0.2) is 0 Å². The van der Waals surface area contributed by atoms with Gasteiger partial charge in [-0.15, -0.1) is 0 Å². The van der Waals surface area contributed by atoms with Gasteiger partial charge in [-0.05, 0) is 73.0 Å². The van der Waals surface area contributed by atoms with E-state index in [0.717, 1.165) is 0 Å². The maximum Gasteiger partial charge on any atom is 0.303 e. The van der Waals surface area contributed by atoms with Gasteiger partial charge in [-0.25, -0.2) is 0 Å². The van der Waals surface area contributed by atoms with Gasteiger partial charge in [0.25, 0.3) is 0 Å². The SMILES string of the molecule is CC(C)(C)C[C@@H]1NC(=O)[C@@H](CCC(N)=O)NC(=O)[C@H](CC(C)(C)C)NC(=O)[C@@H](CCC(=O)O)NC(=O)[C@H](CC(C)(C)C)NC(=O)[C@@H](CCC(N)=O)NC(=O)[C@H](CC(C)(C)C)NC(=O)[C@@H](CCC(=O)O)NC1=O. The Bertz CT molecular complexity index is 1720. The van der Waals surface area contributed by atoms with Crippen molar-refractivity contribution in [3.63, 3.8) is 0 Å². The number of carbonyl (C=O) groups is 12. The average molecular weight is 1020 g/mol. The van der Waals surface area contributed by atoms with Crippen LogP contribution in [0.4, 0.5) is 0 Å². The van der Waals surface area contributed by atoms with Crippen LogP contribution >= 0.6 is 0 Å². The zero-order valence-corrected chi connectivity index (χ0v) is 44.1. The second-order valence-electron chi connectivity index (χ2n) is 23.4. The van der Waals surface area contributed by atoms with Gasteiger partial charge in [-0.3, -0.25) is 57.5 Å².